The number of benzene rings is 1. The van der Waals surface area contributed by atoms with E-state index in [1.54, 1.807) is 0 Å². The number of nitrogen functional groups attached to an aromatic ring is 1. The summed E-state index contributed by atoms with van der Waals surface area (Å²) in [5, 5.41) is 3.00. The van der Waals surface area contributed by atoms with E-state index in [1.165, 1.54) is 12.8 Å². The fraction of sp³-hybridized carbons (Fsp3) is 0.562. The smallest absolute Gasteiger partial charge is 0.241 e. The van der Waals surface area contributed by atoms with Gasteiger partial charge in [0.05, 0.1) is 6.04 Å². The van der Waals surface area contributed by atoms with Gasteiger partial charge in [-0.15, -0.1) is 0 Å². The summed E-state index contributed by atoms with van der Waals surface area (Å²) in [6.45, 7) is 8.24. The molecule has 0 aliphatic carbocycles. The number of hydrogen-bond donors (Lipinski definition) is 2. The lowest BCUT2D eigenvalue weighted by molar-refractivity contribution is -0.121. The van der Waals surface area contributed by atoms with E-state index in [2.05, 4.69) is 17.1 Å². The van der Waals surface area contributed by atoms with Crippen LogP contribution in [-0.4, -0.2) is 29.9 Å². The topological polar surface area (TPSA) is 58.4 Å². The molecule has 1 fully saturated rings. The molecular weight excluding hydrogens is 250 g/mol. The number of anilines is 2. The normalized spacial score (nSPS) is 18.8. The molecule has 0 radical (unpaired) electrons. The Labute approximate surface area is 121 Å². The summed E-state index contributed by atoms with van der Waals surface area (Å²) in [6.07, 6.45) is 2.35. The largest absolute Gasteiger partial charge is 0.399 e. The van der Waals surface area contributed by atoms with Crippen molar-refractivity contribution in [2.24, 2.45) is 5.92 Å². The van der Waals surface area contributed by atoms with Crippen LogP contribution >= 0.6 is 0 Å². The Morgan fingerprint density at radius 3 is 2.70 bits per heavy atom. The lowest BCUT2D eigenvalue weighted by Gasteiger charge is -2.34. The Balaban J connectivity index is 1.99. The van der Waals surface area contributed by atoms with Crippen molar-refractivity contribution in [3.63, 3.8) is 0 Å². The molecular formula is C16H25N3O. The van der Waals surface area contributed by atoms with Crippen LogP contribution in [0.2, 0.25) is 0 Å². The number of hydrogen-bond acceptors (Lipinski definition) is 3. The average molecular weight is 275 g/mol. The molecule has 1 aliphatic heterocycles. The zero-order chi connectivity index (χ0) is 14.7. The standard InChI is InChI=1S/C16H25N3O/c1-11-6-8-19(9-7-11)13(3)16(20)18-15-10-14(17)5-4-12(15)2/h4-5,10-11,13H,6-9,17H2,1-3H3,(H,18,20). The number of nitrogens with two attached hydrogens (primary N) is 1. The van der Waals surface area contributed by atoms with Crippen LogP contribution in [0.4, 0.5) is 11.4 Å². The van der Waals surface area contributed by atoms with Gasteiger partial charge in [0.15, 0.2) is 0 Å². The minimum atomic E-state index is -0.0941. The van der Waals surface area contributed by atoms with Crippen LogP contribution in [0, 0.1) is 12.8 Å². The molecule has 1 aromatic carbocycles. The summed E-state index contributed by atoms with van der Waals surface area (Å²) < 4.78 is 0. The molecule has 1 aromatic rings. The number of likely N-dealkylation sites (tertiary alicyclic amines) is 1. The Bertz CT molecular complexity index is 479. The fourth-order valence-electron chi connectivity index (χ4n) is 2.59. The molecule has 4 nitrogen and oxygen atoms in total. The quantitative estimate of drug-likeness (QED) is 0.834. The van der Waals surface area contributed by atoms with Gasteiger partial charge in [-0.25, -0.2) is 0 Å². The van der Waals surface area contributed by atoms with Gasteiger partial charge in [0.1, 0.15) is 0 Å². The first-order valence-electron chi connectivity index (χ1n) is 7.38. The molecule has 0 spiro atoms. The molecule has 3 N–H and O–H groups in total. The molecule has 2 rings (SSSR count). The molecule has 0 bridgehead atoms. The van der Waals surface area contributed by atoms with Gasteiger partial charge in [-0.05, 0) is 63.4 Å². The van der Waals surface area contributed by atoms with Crippen LogP contribution in [0.1, 0.15) is 32.3 Å². The second-order valence-corrected chi connectivity index (χ2v) is 5.96. The van der Waals surface area contributed by atoms with Crippen molar-refractivity contribution in [3.05, 3.63) is 23.8 Å². The number of carbonyl (C=O) groups is 1. The Morgan fingerprint density at radius 2 is 2.05 bits per heavy atom. The highest BCUT2D eigenvalue weighted by atomic mass is 16.2. The molecule has 20 heavy (non-hydrogen) atoms. The van der Waals surface area contributed by atoms with E-state index in [1.807, 2.05) is 32.0 Å². The number of amides is 1. The van der Waals surface area contributed by atoms with Crippen molar-refractivity contribution in [1.82, 2.24) is 4.90 Å². The van der Waals surface area contributed by atoms with Crippen LogP contribution < -0.4 is 11.1 Å². The molecule has 1 aliphatic rings. The van der Waals surface area contributed by atoms with E-state index >= 15 is 0 Å². The summed E-state index contributed by atoms with van der Waals surface area (Å²) in [5.74, 6) is 0.825. The lowest BCUT2D eigenvalue weighted by Crippen LogP contribution is -2.45. The van der Waals surface area contributed by atoms with E-state index in [0.717, 1.165) is 30.3 Å². The molecule has 0 aromatic heterocycles. The first-order valence-corrected chi connectivity index (χ1v) is 7.38. The predicted molar refractivity (Wildman–Crippen MR) is 83.7 cm³/mol. The van der Waals surface area contributed by atoms with Gasteiger partial charge in [0.2, 0.25) is 5.91 Å². The monoisotopic (exact) mass is 275 g/mol. The van der Waals surface area contributed by atoms with Crippen molar-refractivity contribution in [2.75, 3.05) is 24.1 Å². The van der Waals surface area contributed by atoms with E-state index in [-0.39, 0.29) is 11.9 Å². The molecule has 1 unspecified atom stereocenters. The molecule has 1 amide bonds. The van der Waals surface area contributed by atoms with E-state index in [0.29, 0.717) is 5.69 Å². The molecule has 1 heterocycles. The maximum absolute atomic E-state index is 12.4. The van der Waals surface area contributed by atoms with Crippen LogP contribution in [0.3, 0.4) is 0 Å². The average Bonchev–Trinajstić information content (AvgIpc) is 2.43. The Hall–Kier alpha value is -1.55. The van der Waals surface area contributed by atoms with Gasteiger partial charge in [0, 0.05) is 11.4 Å². The maximum atomic E-state index is 12.4. The number of rotatable bonds is 3. The summed E-state index contributed by atoms with van der Waals surface area (Å²) >= 11 is 0. The highest BCUT2D eigenvalue weighted by Gasteiger charge is 2.25. The van der Waals surface area contributed by atoms with Crippen LogP contribution in [-0.2, 0) is 4.79 Å². The van der Waals surface area contributed by atoms with Gasteiger partial charge in [0.25, 0.3) is 0 Å². The van der Waals surface area contributed by atoms with Gasteiger partial charge >= 0.3 is 0 Å². The van der Waals surface area contributed by atoms with Gasteiger partial charge in [-0.1, -0.05) is 13.0 Å². The van der Waals surface area contributed by atoms with Crippen molar-refractivity contribution in [2.45, 2.75) is 39.7 Å². The Morgan fingerprint density at radius 1 is 1.40 bits per heavy atom. The van der Waals surface area contributed by atoms with Crippen molar-refractivity contribution in [1.29, 1.82) is 0 Å². The second kappa shape index (κ2) is 6.27. The van der Waals surface area contributed by atoms with E-state index < -0.39 is 0 Å². The summed E-state index contributed by atoms with van der Waals surface area (Å²) in [5.41, 5.74) is 8.29. The van der Waals surface area contributed by atoms with Crippen molar-refractivity contribution in [3.8, 4) is 0 Å². The third kappa shape index (κ3) is 3.51. The number of piperidine rings is 1. The van der Waals surface area contributed by atoms with Crippen molar-refractivity contribution >= 4 is 17.3 Å². The first kappa shape index (κ1) is 14.9. The summed E-state index contributed by atoms with van der Waals surface area (Å²) in [7, 11) is 0. The predicted octanol–water partition coefficient (Wildman–Crippen LogP) is 2.64. The SMILES string of the molecule is Cc1ccc(N)cc1NC(=O)C(C)N1CCC(C)CC1. The van der Waals surface area contributed by atoms with Gasteiger partial charge < -0.3 is 11.1 Å². The molecule has 1 atom stereocenters. The molecule has 110 valence electrons. The minimum absolute atomic E-state index is 0.0493. The number of nitrogens with one attached hydrogen (secondary N) is 1. The molecule has 0 saturated carbocycles. The zero-order valence-electron chi connectivity index (χ0n) is 12.6. The van der Waals surface area contributed by atoms with Crippen molar-refractivity contribution < 1.29 is 4.79 Å². The molecule has 1 saturated heterocycles. The van der Waals surface area contributed by atoms with E-state index in [4.69, 9.17) is 5.73 Å². The molecule has 4 heteroatoms. The highest BCUT2D eigenvalue weighted by molar-refractivity contribution is 5.95. The lowest BCUT2D eigenvalue weighted by atomic mass is 9.98. The number of nitrogens with zero attached hydrogens (tertiary/aromatic N) is 1. The third-order valence-corrected chi connectivity index (χ3v) is 4.26. The summed E-state index contributed by atoms with van der Waals surface area (Å²) in [4.78, 5) is 14.6. The fourth-order valence-corrected chi connectivity index (χ4v) is 2.59. The van der Waals surface area contributed by atoms with Gasteiger partial charge in [-0.3, -0.25) is 9.69 Å². The highest BCUT2D eigenvalue weighted by Crippen LogP contribution is 2.21. The van der Waals surface area contributed by atoms with Crippen LogP contribution in [0.15, 0.2) is 18.2 Å². The first-order chi connectivity index (χ1) is 9.47. The Kier molecular flexibility index (Phi) is 4.65. The van der Waals surface area contributed by atoms with E-state index in [9.17, 15) is 4.79 Å². The number of carbonyl (C=O) groups excluding carboxylic acids is 1. The van der Waals surface area contributed by atoms with Crippen LogP contribution in [0.5, 0.6) is 0 Å². The third-order valence-electron chi connectivity index (χ3n) is 4.26. The minimum Gasteiger partial charge on any atom is -0.399 e. The van der Waals surface area contributed by atoms with Gasteiger partial charge in [-0.2, -0.15) is 0 Å². The second-order valence-electron chi connectivity index (χ2n) is 5.96. The summed E-state index contributed by atoms with van der Waals surface area (Å²) in [6, 6.07) is 5.50. The number of aryl methyl sites for hydroxylation is 1. The zero-order valence-corrected chi connectivity index (χ0v) is 12.6. The maximum Gasteiger partial charge on any atom is 0.241 e. The van der Waals surface area contributed by atoms with Crippen LogP contribution in [0.25, 0.3) is 0 Å².